The van der Waals surface area contributed by atoms with Gasteiger partial charge in [0, 0.05) is 31.4 Å². The number of ether oxygens (including phenoxy) is 3. The Balaban J connectivity index is -0.000000430. The van der Waals surface area contributed by atoms with Crippen LogP contribution in [0.3, 0.4) is 0 Å². The van der Waals surface area contributed by atoms with Gasteiger partial charge in [-0.25, -0.2) is 0 Å². The van der Waals surface area contributed by atoms with Gasteiger partial charge in [-0.05, 0) is 6.42 Å². The largest absolute Gasteiger partial charge is 2.00 e. The molecule has 2 atom stereocenters. The van der Waals surface area contributed by atoms with Crippen molar-refractivity contribution in [3.05, 3.63) is 0 Å². The Bertz CT molecular complexity index is 343. The normalized spacial score (nSPS) is 12.3. The Morgan fingerprint density at radius 1 is 0.889 bits per heavy atom. The molecule has 0 saturated heterocycles. The van der Waals surface area contributed by atoms with Crippen molar-refractivity contribution in [3.63, 3.8) is 0 Å². The molecule has 11 heteroatoms. The van der Waals surface area contributed by atoms with Gasteiger partial charge in [0.1, 0.15) is 0 Å². The van der Waals surface area contributed by atoms with E-state index in [-0.39, 0.29) is 69.0 Å². The summed E-state index contributed by atoms with van der Waals surface area (Å²) < 4.78 is 15.1. The van der Waals surface area contributed by atoms with Crippen LogP contribution in [0.5, 0.6) is 0 Å². The summed E-state index contributed by atoms with van der Waals surface area (Å²) in [5.41, 5.74) is 0. The molecule has 0 aliphatic rings. The van der Waals surface area contributed by atoms with E-state index in [1.807, 2.05) is 6.92 Å². The molecule has 0 rings (SSSR count). The number of aliphatic hydroxyl groups excluding tert-OH is 3. The number of carboxylic acids is 2. The van der Waals surface area contributed by atoms with Crippen molar-refractivity contribution >= 4 is 11.9 Å². The first-order chi connectivity index (χ1) is 12.4. The second kappa shape index (κ2) is 23.2. The molecule has 0 amide bonds. The Labute approximate surface area is 169 Å². The minimum atomic E-state index is -1.28. The summed E-state index contributed by atoms with van der Waals surface area (Å²) in [5.74, 6) is -2.45. The van der Waals surface area contributed by atoms with E-state index < -0.39 is 24.1 Å². The smallest absolute Gasteiger partial charge is 0.550 e. The predicted octanol–water partition coefficient (Wildman–Crippen LogP) is -3.19. The molecule has 2 unspecified atom stereocenters. The molecule has 0 aromatic carbocycles. The molecule has 27 heavy (non-hydrogen) atoms. The maximum Gasteiger partial charge on any atom is 2.00 e. The molecular weight excluding hydrogens is 411 g/mol. The number of unbranched alkanes of at least 4 members (excludes halogenated alkanes) is 1. The van der Waals surface area contributed by atoms with Crippen molar-refractivity contribution in [2.45, 2.75) is 44.8 Å². The molecule has 3 N–H and O–H groups in total. The van der Waals surface area contributed by atoms with Gasteiger partial charge in [0.2, 0.25) is 0 Å². The van der Waals surface area contributed by atoms with Gasteiger partial charge >= 0.3 is 16.5 Å². The van der Waals surface area contributed by atoms with E-state index in [4.69, 9.17) is 29.5 Å². The van der Waals surface area contributed by atoms with E-state index in [0.29, 0.717) is 6.61 Å². The summed E-state index contributed by atoms with van der Waals surface area (Å²) in [7, 11) is 0. The zero-order chi connectivity index (χ0) is 20.2. The molecule has 10 nitrogen and oxygen atoms in total. The molecule has 0 aromatic rings. The number of hydrogen-bond acceptors (Lipinski definition) is 10. The van der Waals surface area contributed by atoms with Crippen LogP contribution in [-0.4, -0.2) is 85.7 Å². The van der Waals surface area contributed by atoms with Crippen molar-refractivity contribution in [1.82, 2.24) is 0 Å². The standard InChI is InChI=1S/C10H20O5.C6H12O5.Ni/c1-2-3-5-14-8-9(7-10(12)13)15-6-4-11;7-1-2-11-5(4-8)3-6(9)10;/h9,11H,2-8H2,1H3,(H,12,13);5,7-8H,1-4H2,(H,9,10);/q;;+2/p-2. The van der Waals surface area contributed by atoms with Crippen LogP contribution in [0.1, 0.15) is 32.6 Å². The van der Waals surface area contributed by atoms with Crippen molar-refractivity contribution < 1.29 is 65.8 Å². The number of aliphatic hydroxyl groups is 3. The van der Waals surface area contributed by atoms with E-state index >= 15 is 0 Å². The molecule has 0 fully saturated rings. The minimum absolute atomic E-state index is 0. The quantitative estimate of drug-likeness (QED) is 0.164. The molecule has 0 heterocycles. The van der Waals surface area contributed by atoms with Gasteiger partial charge in [0.05, 0.1) is 51.8 Å². The Hall–Kier alpha value is -0.806. The van der Waals surface area contributed by atoms with Gasteiger partial charge in [0.25, 0.3) is 0 Å². The summed E-state index contributed by atoms with van der Waals surface area (Å²) in [6.45, 7) is 2.32. The molecule has 0 saturated carbocycles. The van der Waals surface area contributed by atoms with Crippen LogP contribution in [0, 0.1) is 0 Å². The van der Waals surface area contributed by atoms with E-state index in [0.717, 1.165) is 12.8 Å². The van der Waals surface area contributed by atoms with Crippen LogP contribution in [-0.2, 0) is 40.3 Å². The SMILES string of the molecule is CCCCOCC(CC(=O)[O-])OCCO.O=C([O-])CC(CO)OCCO.[Ni+2]. The summed E-state index contributed by atoms with van der Waals surface area (Å²) in [4.78, 5) is 20.3. The Morgan fingerprint density at radius 3 is 1.78 bits per heavy atom. The van der Waals surface area contributed by atoms with Crippen LogP contribution in [0.4, 0.5) is 0 Å². The van der Waals surface area contributed by atoms with E-state index in [9.17, 15) is 19.8 Å². The summed E-state index contributed by atoms with van der Waals surface area (Å²) >= 11 is 0. The van der Waals surface area contributed by atoms with Gasteiger partial charge in [-0.3, -0.25) is 0 Å². The van der Waals surface area contributed by atoms with E-state index in [1.165, 1.54) is 0 Å². The van der Waals surface area contributed by atoms with Crippen molar-refractivity contribution in [2.24, 2.45) is 0 Å². The summed E-state index contributed by atoms with van der Waals surface area (Å²) in [6.07, 6.45) is 0.120. The maximum absolute atomic E-state index is 10.4. The summed E-state index contributed by atoms with van der Waals surface area (Å²) in [5, 5.41) is 45.6. The number of aliphatic carboxylic acids is 2. The molecular formula is C16H30NiO10. The van der Waals surface area contributed by atoms with E-state index in [2.05, 4.69) is 0 Å². The second-order valence-corrected chi connectivity index (χ2v) is 5.20. The van der Waals surface area contributed by atoms with E-state index in [1.54, 1.807) is 0 Å². The first-order valence-corrected chi connectivity index (χ1v) is 8.44. The molecule has 164 valence electrons. The number of hydrogen-bond donors (Lipinski definition) is 3. The van der Waals surface area contributed by atoms with Gasteiger partial charge in [-0.15, -0.1) is 0 Å². The van der Waals surface area contributed by atoms with Gasteiger partial charge in [-0.2, -0.15) is 0 Å². The summed E-state index contributed by atoms with van der Waals surface area (Å²) in [6, 6.07) is 0. The minimum Gasteiger partial charge on any atom is -0.550 e. The third-order valence-electron chi connectivity index (χ3n) is 2.83. The number of carboxylic acid groups (broad SMARTS) is 2. The van der Waals surface area contributed by atoms with Crippen LogP contribution < -0.4 is 10.2 Å². The average molecular weight is 441 g/mol. The van der Waals surface area contributed by atoms with Crippen LogP contribution in [0.15, 0.2) is 0 Å². The third-order valence-corrected chi connectivity index (χ3v) is 2.83. The fraction of sp³-hybridized carbons (Fsp3) is 0.875. The molecule has 0 aliphatic heterocycles. The number of carbonyl (C=O) groups is 2. The Morgan fingerprint density at radius 2 is 1.37 bits per heavy atom. The zero-order valence-corrected chi connectivity index (χ0v) is 16.4. The topological polar surface area (TPSA) is 169 Å². The van der Waals surface area contributed by atoms with Crippen LogP contribution in [0.2, 0.25) is 0 Å². The van der Waals surface area contributed by atoms with Crippen molar-refractivity contribution in [3.8, 4) is 0 Å². The molecule has 0 aromatic heterocycles. The first-order valence-electron chi connectivity index (χ1n) is 8.44. The molecule has 0 spiro atoms. The van der Waals surface area contributed by atoms with Gasteiger partial charge in [-0.1, -0.05) is 13.3 Å². The molecule has 0 bridgehead atoms. The van der Waals surface area contributed by atoms with Crippen molar-refractivity contribution in [2.75, 3.05) is 46.2 Å². The fourth-order valence-corrected chi connectivity index (χ4v) is 1.61. The second-order valence-electron chi connectivity index (χ2n) is 5.20. The zero-order valence-electron chi connectivity index (χ0n) is 15.4. The number of carbonyl (C=O) groups excluding carboxylic acids is 2. The van der Waals surface area contributed by atoms with Crippen molar-refractivity contribution in [1.29, 1.82) is 0 Å². The monoisotopic (exact) mass is 440 g/mol. The maximum atomic E-state index is 10.4. The predicted molar refractivity (Wildman–Crippen MR) is 85.7 cm³/mol. The van der Waals surface area contributed by atoms with Crippen LogP contribution in [0.25, 0.3) is 0 Å². The number of rotatable bonds is 16. The van der Waals surface area contributed by atoms with Crippen LogP contribution >= 0.6 is 0 Å². The first kappa shape index (κ1) is 30.9. The average Bonchev–Trinajstić information content (AvgIpc) is 2.59. The molecule has 0 radical (unpaired) electrons. The Kier molecular flexibility index (Phi) is 26.6. The third kappa shape index (κ3) is 25.2. The fourth-order valence-electron chi connectivity index (χ4n) is 1.61. The van der Waals surface area contributed by atoms with Gasteiger partial charge in [0.15, 0.2) is 0 Å². The molecule has 0 aliphatic carbocycles. The van der Waals surface area contributed by atoms with Gasteiger partial charge < -0.3 is 49.3 Å².